The minimum Gasteiger partial charge on any atom is -0.497 e. The van der Waals surface area contributed by atoms with Crippen molar-refractivity contribution in [3.63, 3.8) is 0 Å². The summed E-state index contributed by atoms with van der Waals surface area (Å²) in [5.41, 5.74) is 1.33. The molecule has 136 valence electrons. The summed E-state index contributed by atoms with van der Waals surface area (Å²) in [5.74, 6) is -0.285. The zero-order chi connectivity index (χ0) is 18.9. The largest absolute Gasteiger partial charge is 0.497 e. The molecule has 2 aromatic carbocycles. The lowest BCUT2D eigenvalue weighted by molar-refractivity contribution is 0.414. The lowest BCUT2D eigenvalue weighted by atomic mass is 9.85. The van der Waals surface area contributed by atoms with Crippen LogP contribution in [0.1, 0.15) is 31.9 Å². The number of aromatic nitrogens is 2. The number of halogens is 2. The maximum Gasteiger partial charge on any atom is 0.139 e. The second kappa shape index (κ2) is 6.90. The van der Waals surface area contributed by atoms with Gasteiger partial charge in [0.1, 0.15) is 17.4 Å². The minimum atomic E-state index is -0.629. The molecular formula is C21H22F2N2O. The third-order valence-electron chi connectivity index (χ3n) is 4.27. The lowest BCUT2D eigenvalue weighted by Crippen LogP contribution is -2.16. The molecule has 0 saturated carbocycles. The molecule has 1 aromatic heterocycles. The molecule has 3 aromatic rings. The van der Waals surface area contributed by atoms with Crippen molar-refractivity contribution in [2.75, 3.05) is 7.11 Å². The van der Waals surface area contributed by atoms with Gasteiger partial charge in [0.05, 0.1) is 19.1 Å². The Morgan fingerprint density at radius 3 is 2.35 bits per heavy atom. The first-order valence-electron chi connectivity index (χ1n) is 8.43. The number of imidazole rings is 1. The highest BCUT2D eigenvalue weighted by Gasteiger charge is 2.26. The average Bonchev–Trinajstić information content (AvgIpc) is 3.02. The fourth-order valence-electron chi connectivity index (χ4n) is 2.97. The van der Waals surface area contributed by atoms with E-state index in [1.807, 2.05) is 28.8 Å². The van der Waals surface area contributed by atoms with Crippen molar-refractivity contribution in [1.29, 1.82) is 0 Å². The molecule has 5 heteroatoms. The number of ether oxygens (including phenoxy) is 1. The van der Waals surface area contributed by atoms with Crippen molar-refractivity contribution in [3.05, 3.63) is 71.7 Å². The van der Waals surface area contributed by atoms with Gasteiger partial charge >= 0.3 is 0 Å². The van der Waals surface area contributed by atoms with Crippen LogP contribution in [0.5, 0.6) is 5.75 Å². The second-order valence-electron chi connectivity index (χ2n) is 7.31. The van der Waals surface area contributed by atoms with Crippen LogP contribution in [0.3, 0.4) is 0 Å². The Hall–Kier alpha value is -2.69. The van der Waals surface area contributed by atoms with Gasteiger partial charge in [0.2, 0.25) is 0 Å². The number of rotatable bonds is 4. The Balaban J connectivity index is 1.90. The van der Waals surface area contributed by atoms with Gasteiger partial charge in [0.25, 0.3) is 0 Å². The van der Waals surface area contributed by atoms with Crippen LogP contribution in [0.15, 0.2) is 48.9 Å². The Bertz CT molecular complexity index is 909. The molecule has 0 bridgehead atoms. The van der Waals surface area contributed by atoms with Crippen molar-refractivity contribution in [2.45, 2.75) is 32.7 Å². The van der Waals surface area contributed by atoms with E-state index in [0.717, 1.165) is 11.3 Å². The van der Waals surface area contributed by atoms with Crippen molar-refractivity contribution >= 4 is 0 Å². The number of benzene rings is 2. The highest BCUT2D eigenvalue weighted by molar-refractivity contribution is 5.61. The summed E-state index contributed by atoms with van der Waals surface area (Å²) in [7, 11) is 1.63. The number of methoxy groups -OCH3 is 1. The summed E-state index contributed by atoms with van der Waals surface area (Å²) >= 11 is 0. The summed E-state index contributed by atoms with van der Waals surface area (Å²) < 4.78 is 36.1. The third-order valence-corrected chi connectivity index (χ3v) is 4.27. The normalized spacial score (nSPS) is 11.6. The number of hydrogen-bond acceptors (Lipinski definition) is 2. The molecule has 0 aliphatic heterocycles. The van der Waals surface area contributed by atoms with Crippen LogP contribution in [0.4, 0.5) is 8.78 Å². The molecule has 0 spiro atoms. The van der Waals surface area contributed by atoms with E-state index in [4.69, 9.17) is 4.74 Å². The first-order chi connectivity index (χ1) is 12.3. The highest BCUT2D eigenvalue weighted by Crippen LogP contribution is 2.33. The van der Waals surface area contributed by atoms with Gasteiger partial charge in [-0.15, -0.1) is 0 Å². The molecule has 0 aliphatic carbocycles. The van der Waals surface area contributed by atoms with Crippen molar-refractivity contribution < 1.29 is 13.5 Å². The Kier molecular flexibility index (Phi) is 4.81. The highest BCUT2D eigenvalue weighted by atomic mass is 19.1. The van der Waals surface area contributed by atoms with Gasteiger partial charge in [0, 0.05) is 23.9 Å². The Morgan fingerprint density at radius 1 is 1.04 bits per heavy atom. The first-order valence-corrected chi connectivity index (χ1v) is 8.43. The van der Waals surface area contributed by atoms with Crippen molar-refractivity contribution in [2.24, 2.45) is 0 Å². The maximum atomic E-state index is 14.9. The van der Waals surface area contributed by atoms with Gasteiger partial charge in [-0.1, -0.05) is 32.9 Å². The predicted octanol–water partition coefficient (Wildman–Crippen LogP) is 5.18. The van der Waals surface area contributed by atoms with E-state index in [1.165, 1.54) is 12.1 Å². The smallest absolute Gasteiger partial charge is 0.139 e. The van der Waals surface area contributed by atoms with Crippen LogP contribution >= 0.6 is 0 Å². The molecule has 0 unspecified atom stereocenters. The molecule has 1 heterocycles. The zero-order valence-corrected chi connectivity index (χ0v) is 15.4. The monoisotopic (exact) mass is 356 g/mol. The molecule has 0 fully saturated rings. The average molecular weight is 356 g/mol. The molecule has 0 N–H and O–H groups in total. The lowest BCUT2D eigenvalue weighted by Gasteiger charge is -2.21. The standard InChI is InChI=1S/C21H22F2N2O/c1-21(2,3)19-17(22)10-9-16(20(19)23)18-12-25(13-24-18)11-14-5-7-15(26-4)8-6-14/h5-10,12-13H,11H2,1-4H3. The van der Waals surface area contributed by atoms with E-state index in [2.05, 4.69) is 4.98 Å². The predicted molar refractivity (Wildman–Crippen MR) is 98.4 cm³/mol. The molecule has 0 amide bonds. The summed E-state index contributed by atoms with van der Waals surface area (Å²) in [6, 6.07) is 10.5. The van der Waals surface area contributed by atoms with E-state index in [9.17, 15) is 8.78 Å². The molecular weight excluding hydrogens is 334 g/mol. The van der Waals surface area contributed by atoms with Crippen LogP contribution in [-0.2, 0) is 12.0 Å². The van der Waals surface area contributed by atoms with Crippen LogP contribution in [0, 0.1) is 11.6 Å². The molecule has 0 aliphatic rings. The van der Waals surface area contributed by atoms with Gasteiger partial charge < -0.3 is 9.30 Å². The van der Waals surface area contributed by atoms with Gasteiger partial charge in [-0.25, -0.2) is 13.8 Å². The SMILES string of the molecule is COc1ccc(Cn2cnc(-c3ccc(F)c(C(C)(C)C)c3F)c2)cc1. The summed E-state index contributed by atoms with van der Waals surface area (Å²) in [6.45, 7) is 5.98. The van der Waals surface area contributed by atoms with E-state index < -0.39 is 17.0 Å². The molecule has 26 heavy (non-hydrogen) atoms. The third kappa shape index (κ3) is 3.62. The quantitative estimate of drug-likeness (QED) is 0.644. The molecule has 3 rings (SSSR count). The Labute approximate surface area is 152 Å². The zero-order valence-electron chi connectivity index (χ0n) is 15.4. The maximum absolute atomic E-state index is 14.9. The molecule has 3 nitrogen and oxygen atoms in total. The first kappa shape index (κ1) is 18.1. The van der Waals surface area contributed by atoms with Gasteiger partial charge in [-0.2, -0.15) is 0 Å². The fraction of sp³-hybridized carbons (Fsp3) is 0.286. The minimum absolute atomic E-state index is 0.0831. The van der Waals surface area contributed by atoms with Crippen molar-refractivity contribution in [1.82, 2.24) is 9.55 Å². The van der Waals surface area contributed by atoms with Gasteiger partial charge in [-0.05, 0) is 35.2 Å². The summed E-state index contributed by atoms with van der Waals surface area (Å²) in [5, 5.41) is 0. The van der Waals surface area contributed by atoms with Crippen molar-refractivity contribution in [3.8, 4) is 17.0 Å². The topological polar surface area (TPSA) is 27.1 Å². The van der Waals surface area contributed by atoms with Gasteiger partial charge in [0.15, 0.2) is 0 Å². The molecule has 0 radical (unpaired) electrons. The number of nitrogens with zero attached hydrogens (tertiary/aromatic N) is 2. The van der Waals surface area contributed by atoms with E-state index in [1.54, 1.807) is 40.4 Å². The van der Waals surface area contributed by atoms with Crippen LogP contribution in [0.25, 0.3) is 11.3 Å². The number of hydrogen-bond donors (Lipinski definition) is 0. The van der Waals surface area contributed by atoms with Crippen LogP contribution in [-0.4, -0.2) is 16.7 Å². The van der Waals surface area contributed by atoms with E-state index >= 15 is 0 Å². The fourth-order valence-corrected chi connectivity index (χ4v) is 2.97. The second-order valence-corrected chi connectivity index (χ2v) is 7.31. The van der Waals surface area contributed by atoms with E-state index in [0.29, 0.717) is 17.8 Å². The molecule has 0 saturated heterocycles. The van der Waals surface area contributed by atoms with Crippen LogP contribution in [0.2, 0.25) is 0 Å². The summed E-state index contributed by atoms with van der Waals surface area (Å²) in [6.07, 6.45) is 3.42. The Morgan fingerprint density at radius 2 is 1.73 bits per heavy atom. The molecule has 0 atom stereocenters. The van der Waals surface area contributed by atoms with Crippen LogP contribution < -0.4 is 4.74 Å². The van der Waals surface area contributed by atoms with Gasteiger partial charge in [-0.3, -0.25) is 0 Å². The summed E-state index contributed by atoms with van der Waals surface area (Å²) in [4.78, 5) is 4.31. The van der Waals surface area contributed by atoms with E-state index in [-0.39, 0.29) is 5.56 Å².